The summed E-state index contributed by atoms with van der Waals surface area (Å²) in [7, 11) is 0. The molecule has 2 unspecified atom stereocenters. The predicted octanol–water partition coefficient (Wildman–Crippen LogP) is 0.871. The molecule has 2 atom stereocenters. The molecule has 0 spiro atoms. The zero-order valence-electron chi connectivity index (χ0n) is 10.3. The van der Waals surface area contributed by atoms with Gasteiger partial charge in [0.1, 0.15) is 5.84 Å². The lowest BCUT2D eigenvalue weighted by atomic mass is 10.1. The summed E-state index contributed by atoms with van der Waals surface area (Å²) in [4.78, 5) is 4.98. The third kappa shape index (κ3) is 2.55. The first-order valence-electron chi connectivity index (χ1n) is 6.50. The Morgan fingerprint density at radius 2 is 1.94 bits per heavy atom. The van der Waals surface area contributed by atoms with Crippen LogP contribution in [0.3, 0.4) is 0 Å². The number of hydrogen-bond acceptors (Lipinski definition) is 3. The maximum Gasteiger partial charge on any atom is 0.108 e. The molecule has 0 amide bonds. The van der Waals surface area contributed by atoms with Gasteiger partial charge >= 0.3 is 0 Å². The lowest BCUT2D eigenvalue weighted by Crippen LogP contribution is -2.45. The van der Waals surface area contributed by atoms with Gasteiger partial charge < -0.3 is 5.73 Å². The molecule has 2 fully saturated rings. The number of piperidine rings is 1. The van der Waals surface area contributed by atoms with Crippen molar-refractivity contribution in [1.82, 2.24) is 9.80 Å². The largest absolute Gasteiger partial charge is 0.386 e. The van der Waals surface area contributed by atoms with Crippen LogP contribution < -0.4 is 5.73 Å². The first kappa shape index (κ1) is 11.9. The van der Waals surface area contributed by atoms with Crippen molar-refractivity contribution in [2.24, 2.45) is 5.73 Å². The summed E-state index contributed by atoms with van der Waals surface area (Å²) in [5.74, 6) is 0.305. The molecule has 0 aliphatic carbocycles. The standard InChI is InChI=1S/C12H24N4/c1-10(12(13)14)16-8-5-11(9-16)15-6-3-2-4-7-15/h10-11H,2-9H2,1H3,(H3,13,14). The molecule has 2 aliphatic heterocycles. The van der Waals surface area contributed by atoms with E-state index in [1.807, 2.05) is 6.92 Å². The summed E-state index contributed by atoms with van der Waals surface area (Å²) in [5.41, 5.74) is 5.57. The maximum absolute atomic E-state index is 7.50. The second-order valence-electron chi connectivity index (χ2n) is 5.17. The summed E-state index contributed by atoms with van der Waals surface area (Å²) in [6, 6.07) is 0.830. The predicted molar refractivity (Wildman–Crippen MR) is 66.8 cm³/mol. The molecule has 4 heteroatoms. The van der Waals surface area contributed by atoms with Gasteiger partial charge in [-0.3, -0.25) is 15.2 Å². The minimum absolute atomic E-state index is 0.120. The third-order valence-corrected chi connectivity index (χ3v) is 4.10. The van der Waals surface area contributed by atoms with Gasteiger partial charge in [0.2, 0.25) is 0 Å². The number of nitrogens with two attached hydrogens (primary N) is 1. The minimum atomic E-state index is 0.120. The summed E-state index contributed by atoms with van der Waals surface area (Å²) < 4.78 is 0. The van der Waals surface area contributed by atoms with Crippen LogP contribution in [0.15, 0.2) is 0 Å². The van der Waals surface area contributed by atoms with Crippen LogP contribution in [0.25, 0.3) is 0 Å². The Morgan fingerprint density at radius 1 is 1.25 bits per heavy atom. The molecule has 0 saturated carbocycles. The normalized spacial score (nSPS) is 30.4. The summed E-state index contributed by atoms with van der Waals surface area (Å²) >= 11 is 0. The SMILES string of the molecule is CC(C(=N)N)N1CCC(N2CCCCC2)C1. The highest BCUT2D eigenvalue weighted by Crippen LogP contribution is 2.21. The molecule has 2 saturated heterocycles. The quantitative estimate of drug-likeness (QED) is 0.552. The molecule has 0 aromatic heterocycles. The number of amidine groups is 1. The maximum atomic E-state index is 7.50. The topological polar surface area (TPSA) is 56.4 Å². The number of likely N-dealkylation sites (tertiary alicyclic amines) is 2. The molecule has 0 aromatic rings. The smallest absolute Gasteiger partial charge is 0.108 e. The Labute approximate surface area is 98.3 Å². The van der Waals surface area contributed by atoms with E-state index in [-0.39, 0.29) is 6.04 Å². The van der Waals surface area contributed by atoms with Crippen molar-refractivity contribution in [3.63, 3.8) is 0 Å². The Bertz CT molecular complexity index is 247. The van der Waals surface area contributed by atoms with E-state index in [4.69, 9.17) is 11.1 Å². The molecule has 4 nitrogen and oxygen atoms in total. The van der Waals surface area contributed by atoms with Crippen LogP contribution >= 0.6 is 0 Å². The highest BCUT2D eigenvalue weighted by atomic mass is 15.3. The molecule has 2 aliphatic rings. The van der Waals surface area contributed by atoms with Gasteiger partial charge in [-0.1, -0.05) is 6.42 Å². The van der Waals surface area contributed by atoms with E-state index in [1.54, 1.807) is 0 Å². The van der Waals surface area contributed by atoms with Crippen LogP contribution in [0, 0.1) is 5.41 Å². The molecule has 0 bridgehead atoms. The van der Waals surface area contributed by atoms with Crippen LogP contribution in [-0.2, 0) is 0 Å². The van der Waals surface area contributed by atoms with Crippen LogP contribution in [-0.4, -0.2) is 53.9 Å². The third-order valence-electron chi connectivity index (χ3n) is 4.10. The molecule has 0 aromatic carbocycles. The lowest BCUT2D eigenvalue weighted by molar-refractivity contribution is 0.160. The second-order valence-corrected chi connectivity index (χ2v) is 5.17. The van der Waals surface area contributed by atoms with E-state index in [0.717, 1.165) is 13.1 Å². The van der Waals surface area contributed by atoms with Gasteiger partial charge in [0, 0.05) is 19.1 Å². The number of rotatable bonds is 3. The Morgan fingerprint density at radius 3 is 2.56 bits per heavy atom. The van der Waals surface area contributed by atoms with E-state index in [9.17, 15) is 0 Å². The van der Waals surface area contributed by atoms with Gasteiger partial charge in [-0.2, -0.15) is 0 Å². The zero-order valence-corrected chi connectivity index (χ0v) is 10.3. The molecule has 92 valence electrons. The first-order chi connectivity index (χ1) is 7.68. The van der Waals surface area contributed by atoms with Crippen molar-refractivity contribution in [1.29, 1.82) is 5.41 Å². The van der Waals surface area contributed by atoms with Gasteiger partial charge in [-0.25, -0.2) is 0 Å². The van der Waals surface area contributed by atoms with Crippen LogP contribution in [0.1, 0.15) is 32.6 Å². The average Bonchev–Trinajstić information content (AvgIpc) is 2.78. The molecular weight excluding hydrogens is 200 g/mol. The van der Waals surface area contributed by atoms with E-state index in [2.05, 4.69) is 9.80 Å². The zero-order chi connectivity index (χ0) is 11.5. The monoisotopic (exact) mass is 224 g/mol. The molecule has 16 heavy (non-hydrogen) atoms. The van der Waals surface area contributed by atoms with Crippen molar-refractivity contribution in [2.75, 3.05) is 26.2 Å². The number of hydrogen-bond donors (Lipinski definition) is 2. The highest BCUT2D eigenvalue weighted by molar-refractivity contribution is 5.82. The molecule has 2 rings (SSSR count). The summed E-state index contributed by atoms with van der Waals surface area (Å²) in [6.45, 7) is 6.78. The fraction of sp³-hybridized carbons (Fsp3) is 0.917. The van der Waals surface area contributed by atoms with Gasteiger partial charge in [0.05, 0.1) is 6.04 Å². The number of nitrogens with zero attached hydrogens (tertiary/aromatic N) is 2. The van der Waals surface area contributed by atoms with Crippen LogP contribution in [0.4, 0.5) is 0 Å². The first-order valence-corrected chi connectivity index (χ1v) is 6.50. The lowest BCUT2D eigenvalue weighted by Gasteiger charge is -2.32. The van der Waals surface area contributed by atoms with Crippen molar-refractivity contribution >= 4 is 5.84 Å². The Balaban J connectivity index is 1.84. The Kier molecular flexibility index (Phi) is 3.82. The average molecular weight is 224 g/mol. The number of nitrogens with one attached hydrogen (secondary N) is 1. The molecular formula is C12H24N4. The fourth-order valence-corrected chi connectivity index (χ4v) is 2.90. The van der Waals surface area contributed by atoms with Gasteiger partial charge in [-0.15, -0.1) is 0 Å². The van der Waals surface area contributed by atoms with Gasteiger partial charge in [-0.05, 0) is 39.3 Å². The minimum Gasteiger partial charge on any atom is -0.386 e. The molecule has 0 radical (unpaired) electrons. The highest BCUT2D eigenvalue weighted by Gasteiger charge is 2.31. The molecule has 3 N–H and O–H groups in total. The van der Waals surface area contributed by atoms with Crippen molar-refractivity contribution in [3.05, 3.63) is 0 Å². The Hall–Kier alpha value is -0.610. The van der Waals surface area contributed by atoms with E-state index in [0.29, 0.717) is 11.9 Å². The van der Waals surface area contributed by atoms with E-state index in [1.165, 1.54) is 38.8 Å². The fourth-order valence-electron chi connectivity index (χ4n) is 2.90. The van der Waals surface area contributed by atoms with Gasteiger partial charge in [0.15, 0.2) is 0 Å². The van der Waals surface area contributed by atoms with Crippen molar-refractivity contribution in [2.45, 2.75) is 44.7 Å². The van der Waals surface area contributed by atoms with E-state index >= 15 is 0 Å². The van der Waals surface area contributed by atoms with Crippen molar-refractivity contribution in [3.8, 4) is 0 Å². The summed E-state index contributed by atoms with van der Waals surface area (Å²) in [5, 5.41) is 7.50. The van der Waals surface area contributed by atoms with Gasteiger partial charge in [0.25, 0.3) is 0 Å². The summed E-state index contributed by atoms with van der Waals surface area (Å²) in [6.07, 6.45) is 5.37. The second kappa shape index (κ2) is 5.15. The molecule has 2 heterocycles. The van der Waals surface area contributed by atoms with Crippen LogP contribution in [0.2, 0.25) is 0 Å². The van der Waals surface area contributed by atoms with Crippen LogP contribution in [0.5, 0.6) is 0 Å². The van der Waals surface area contributed by atoms with E-state index < -0.39 is 0 Å². The van der Waals surface area contributed by atoms with Crippen molar-refractivity contribution < 1.29 is 0 Å².